The Kier molecular flexibility index (Phi) is 6.24. The molecule has 31 heavy (non-hydrogen) atoms. The van der Waals surface area contributed by atoms with Crippen LogP contribution in [-0.4, -0.2) is 50.8 Å². The summed E-state index contributed by atoms with van der Waals surface area (Å²) in [4.78, 5) is 26.7. The van der Waals surface area contributed by atoms with Crippen molar-refractivity contribution < 1.29 is 22.7 Å². The fourth-order valence-corrected chi connectivity index (χ4v) is 5.32. The van der Waals surface area contributed by atoms with Gasteiger partial charge in [-0.2, -0.15) is 4.31 Å². The van der Waals surface area contributed by atoms with Gasteiger partial charge in [0, 0.05) is 18.8 Å². The molecule has 0 unspecified atom stereocenters. The normalized spacial score (nSPS) is 17.4. The number of hydrogen-bond acceptors (Lipinski definition) is 5. The number of nitrogens with zero attached hydrogens (tertiary/aromatic N) is 2. The molecule has 0 atom stereocenters. The number of nitrogens with one attached hydrogen (secondary N) is 1. The first kappa shape index (κ1) is 21.3. The highest BCUT2D eigenvalue weighted by Gasteiger charge is 2.27. The smallest absolute Gasteiger partial charge is 0.244 e. The van der Waals surface area contributed by atoms with Gasteiger partial charge in [-0.05, 0) is 49.2 Å². The predicted octanol–water partition coefficient (Wildman–Crippen LogP) is 2.62. The zero-order chi connectivity index (χ0) is 21.8. The van der Waals surface area contributed by atoms with Crippen molar-refractivity contribution in [1.82, 2.24) is 4.31 Å². The third kappa shape index (κ3) is 4.72. The van der Waals surface area contributed by atoms with E-state index in [0.29, 0.717) is 30.2 Å². The standard InChI is InChI=1S/C22H25N3O5S/c26-21(16-25-19-6-2-3-7-20(19)30-15-12-22(25)27)23-17-8-10-18(11-9-17)31(28,29)24-13-4-1-5-14-24/h2-3,6-11H,1,4-5,12-16H2,(H,23,26). The highest BCUT2D eigenvalue weighted by molar-refractivity contribution is 7.89. The second-order valence-corrected chi connectivity index (χ2v) is 9.52. The van der Waals surface area contributed by atoms with Crippen molar-refractivity contribution in [3.63, 3.8) is 0 Å². The first-order chi connectivity index (χ1) is 14.9. The number of anilines is 2. The van der Waals surface area contributed by atoms with E-state index in [2.05, 4.69) is 5.32 Å². The molecule has 1 N–H and O–H groups in total. The van der Waals surface area contributed by atoms with Crippen molar-refractivity contribution in [3.8, 4) is 5.75 Å². The van der Waals surface area contributed by atoms with E-state index in [1.165, 1.54) is 21.3 Å². The highest BCUT2D eigenvalue weighted by Crippen LogP contribution is 2.31. The van der Waals surface area contributed by atoms with Crippen LogP contribution in [0.25, 0.3) is 0 Å². The van der Waals surface area contributed by atoms with Gasteiger partial charge in [0.1, 0.15) is 12.3 Å². The molecule has 4 rings (SSSR count). The quantitative estimate of drug-likeness (QED) is 0.766. The molecule has 0 aromatic heterocycles. The molecular weight excluding hydrogens is 418 g/mol. The van der Waals surface area contributed by atoms with E-state index in [0.717, 1.165) is 19.3 Å². The molecule has 1 fully saturated rings. The molecule has 8 nitrogen and oxygen atoms in total. The Morgan fingerprint density at radius 2 is 1.71 bits per heavy atom. The van der Waals surface area contributed by atoms with E-state index in [1.54, 1.807) is 30.3 Å². The van der Waals surface area contributed by atoms with Gasteiger partial charge in [-0.15, -0.1) is 0 Å². The molecular formula is C22H25N3O5S. The van der Waals surface area contributed by atoms with Gasteiger partial charge in [0.2, 0.25) is 21.8 Å². The third-order valence-electron chi connectivity index (χ3n) is 5.42. The van der Waals surface area contributed by atoms with E-state index < -0.39 is 10.0 Å². The number of carbonyl (C=O) groups is 2. The molecule has 2 aliphatic heterocycles. The largest absolute Gasteiger partial charge is 0.491 e. The van der Waals surface area contributed by atoms with E-state index in [9.17, 15) is 18.0 Å². The summed E-state index contributed by atoms with van der Waals surface area (Å²) in [6, 6.07) is 13.2. The Morgan fingerprint density at radius 3 is 2.45 bits per heavy atom. The van der Waals surface area contributed by atoms with Crippen molar-refractivity contribution in [2.24, 2.45) is 0 Å². The van der Waals surface area contributed by atoms with Gasteiger partial charge in [-0.3, -0.25) is 14.5 Å². The SMILES string of the molecule is O=C(CN1C(=O)CCOc2ccccc21)Nc1ccc(S(=O)(=O)N2CCCCC2)cc1. The zero-order valence-electron chi connectivity index (χ0n) is 17.1. The Bertz CT molecular complexity index is 1060. The molecule has 0 spiro atoms. The Hall–Kier alpha value is -2.91. The minimum absolute atomic E-state index is 0.160. The molecule has 0 radical (unpaired) electrons. The number of piperidine rings is 1. The lowest BCUT2D eigenvalue weighted by Crippen LogP contribution is -2.37. The molecule has 164 valence electrons. The Labute approximate surface area is 181 Å². The number of fused-ring (bicyclic) bond motifs is 1. The number of carbonyl (C=O) groups excluding carboxylic acids is 2. The zero-order valence-corrected chi connectivity index (χ0v) is 17.9. The van der Waals surface area contributed by atoms with Crippen molar-refractivity contribution in [2.45, 2.75) is 30.6 Å². The van der Waals surface area contributed by atoms with E-state index in [-0.39, 0.29) is 36.3 Å². The second-order valence-electron chi connectivity index (χ2n) is 7.58. The van der Waals surface area contributed by atoms with Crippen LogP contribution in [0, 0.1) is 0 Å². The molecule has 9 heteroatoms. The number of amides is 2. The van der Waals surface area contributed by atoms with Gasteiger partial charge >= 0.3 is 0 Å². The molecule has 0 saturated carbocycles. The van der Waals surface area contributed by atoms with Crippen LogP contribution < -0.4 is 15.0 Å². The van der Waals surface area contributed by atoms with Crippen LogP contribution in [0.1, 0.15) is 25.7 Å². The molecule has 1 saturated heterocycles. The molecule has 2 aromatic rings. The van der Waals surface area contributed by atoms with Crippen LogP contribution in [0.5, 0.6) is 5.75 Å². The Balaban J connectivity index is 1.44. The lowest BCUT2D eigenvalue weighted by Gasteiger charge is -2.26. The fourth-order valence-electron chi connectivity index (χ4n) is 3.80. The van der Waals surface area contributed by atoms with Crippen LogP contribution in [0.15, 0.2) is 53.4 Å². The van der Waals surface area contributed by atoms with Crippen LogP contribution >= 0.6 is 0 Å². The van der Waals surface area contributed by atoms with Gasteiger partial charge in [0.05, 0.1) is 23.6 Å². The average molecular weight is 444 g/mol. The van der Waals surface area contributed by atoms with E-state index in [4.69, 9.17) is 4.74 Å². The predicted molar refractivity (Wildman–Crippen MR) is 117 cm³/mol. The van der Waals surface area contributed by atoms with Gasteiger partial charge in [-0.1, -0.05) is 18.6 Å². The minimum Gasteiger partial charge on any atom is -0.491 e. The Morgan fingerprint density at radius 1 is 1.00 bits per heavy atom. The van der Waals surface area contributed by atoms with Crippen LogP contribution in [0.2, 0.25) is 0 Å². The van der Waals surface area contributed by atoms with Crippen molar-refractivity contribution in [2.75, 3.05) is 36.5 Å². The van der Waals surface area contributed by atoms with Crippen molar-refractivity contribution >= 4 is 33.2 Å². The topological polar surface area (TPSA) is 96.0 Å². The summed E-state index contributed by atoms with van der Waals surface area (Å²) in [5.74, 6) is -0.00631. The molecule has 2 amide bonds. The number of ether oxygens (including phenoxy) is 1. The summed E-state index contributed by atoms with van der Waals surface area (Å²) in [6.45, 7) is 1.18. The first-order valence-corrected chi connectivity index (χ1v) is 11.8. The van der Waals surface area contributed by atoms with E-state index >= 15 is 0 Å². The summed E-state index contributed by atoms with van der Waals surface area (Å²) in [5, 5.41) is 2.74. The maximum atomic E-state index is 12.8. The first-order valence-electron chi connectivity index (χ1n) is 10.4. The van der Waals surface area contributed by atoms with Crippen molar-refractivity contribution in [3.05, 3.63) is 48.5 Å². The minimum atomic E-state index is -3.52. The summed E-state index contributed by atoms with van der Waals surface area (Å²) >= 11 is 0. The molecule has 0 aliphatic carbocycles. The van der Waals surface area contributed by atoms with Gasteiger partial charge < -0.3 is 10.1 Å². The fraction of sp³-hybridized carbons (Fsp3) is 0.364. The summed E-state index contributed by atoms with van der Waals surface area (Å²) in [6.07, 6.45) is 2.98. The van der Waals surface area contributed by atoms with Crippen molar-refractivity contribution in [1.29, 1.82) is 0 Å². The average Bonchev–Trinajstić information content (AvgIpc) is 2.93. The number of benzene rings is 2. The monoisotopic (exact) mass is 443 g/mol. The second kappa shape index (κ2) is 9.07. The van der Waals surface area contributed by atoms with Gasteiger partial charge in [0.15, 0.2) is 0 Å². The number of sulfonamides is 1. The summed E-state index contributed by atoms with van der Waals surface area (Å²) in [5.41, 5.74) is 1.03. The van der Waals surface area contributed by atoms with Crippen LogP contribution in [0.3, 0.4) is 0 Å². The molecule has 2 aliphatic rings. The number of hydrogen-bond donors (Lipinski definition) is 1. The van der Waals surface area contributed by atoms with Gasteiger partial charge in [0.25, 0.3) is 0 Å². The summed E-state index contributed by atoms with van der Waals surface area (Å²) < 4.78 is 32.6. The lowest BCUT2D eigenvalue weighted by molar-refractivity contribution is -0.121. The van der Waals surface area contributed by atoms with Gasteiger partial charge in [-0.25, -0.2) is 8.42 Å². The molecule has 2 aromatic carbocycles. The number of rotatable bonds is 5. The highest BCUT2D eigenvalue weighted by atomic mass is 32.2. The maximum Gasteiger partial charge on any atom is 0.244 e. The summed E-state index contributed by atoms with van der Waals surface area (Å²) in [7, 11) is -3.52. The lowest BCUT2D eigenvalue weighted by atomic mass is 10.2. The van der Waals surface area contributed by atoms with E-state index in [1.807, 2.05) is 6.07 Å². The molecule has 2 heterocycles. The number of para-hydroxylation sites is 2. The maximum absolute atomic E-state index is 12.8. The molecule has 0 bridgehead atoms. The van der Waals surface area contributed by atoms with Crippen LogP contribution in [-0.2, 0) is 19.6 Å². The van der Waals surface area contributed by atoms with Crippen LogP contribution in [0.4, 0.5) is 11.4 Å². The third-order valence-corrected chi connectivity index (χ3v) is 7.34.